The van der Waals surface area contributed by atoms with Crippen molar-refractivity contribution in [1.82, 2.24) is 0 Å². The number of hydrogen-bond donors (Lipinski definition) is 0. The number of nitriles is 1. The summed E-state index contributed by atoms with van der Waals surface area (Å²) >= 11 is 0. The maximum atomic E-state index is 14.0. The van der Waals surface area contributed by atoms with Crippen LogP contribution in [0.2, 0.25) is 0 Å². The summed E-state index contributed by atoms with van der Waals surface area (Å²) in [7, 11) is 0. The molecule has 0 fully saturated rings. The Hall–Kier alpha value is -1.70. The molecule has 4 heteroatoms. The highest BCUT2D eigenvalue weighted by Gasteiger charge is 2.08. The summed E-state index contributed by atoms with van der Waals surface area (Å²) in [5, 5.41) is 8.82. The fourth-order valence-electron chi connectivity index (χ4n) is 1.63. The van der Waals surface area contributed by atoms with Crippen LogP contribution in [0.3, 0.4) is 0 Å². The van der Waals surface area contributed by atoms with Gasteiger partial charge in [0, 0.05) is 24.3 Å². The van der Waals surface area contributed by atoms with Gasteiger partial charge in [-0.25, -0.2) is 4.39 Å². The summed E-state index contributed by atoms with van der Waals surface area (Å²) in [6.45, 7) is 6.36. The molecule has 1 aromatic rings. The van der Waals surface area contributed by atoms with Crippen molar-refractivity contribution in [2.45, 2.75) is 27.1 Å². The number of rotatable bonds is 6. The number of hydrogen-bond acceptors (Lipinski definition) is 3. The van der Waals surface area contributed by atoms with E-state index in [1.807, 2.05) is 19.9 Å². The van der Waals surface area contributed by atoms with Crippen molar-refractivity contribution in [3.8, 4) is 6.07 Å². The Morgan fingerprint density at radius 3 is 2.47 bits per heavy atom. The zero-order valence-electron chi connectivity index (χ0n) is 11.4. The lowest BCUT2D eigenvalue weighted by Gasteiger charge is -2.12. The zero-order chi connectivity index (χ0) is 14.3. The highest BCUT2D eigenvalue weighted by molar-refractivity contribution is 5.55. The van der Waals surface area contributed by atoms with Crippen LogP contribution in [0.1, 0.15) is 30.5 Å². The predicted octanol–water partition coefficient (Wildman–Crippen LogP) is 3.42. The summed E-state index contributed by atoms with van der Waals surface area (Å²) in [6.07, 6.45) is 2.79. The summed E-state index contributed by atoms with van der Waals surface area (Å²) in [6, 6.07) is 5.14. The average molecular weight is 263 g/mol. The SMILES string of the molecule is CCOC(/C=C/c1ccc(C#N)c(C)c1F)OCC. The van der Waals surface area contributed by atoms with Gasteiger partial charge in [-0.3, -0.25) is 0 Å². The molecular formula is C15H18FNO2. The van der Waals surface area contributed by atoms with Gasteiger partial charge in [-0.1, -0.05) is 12.1 Å². The molecule has 0 aromatic heterocycles. The third kappa shape index (κ3) is 4.16. The average Bonchev–Trinajstić information content (AvgIpc) is 2.41. The van der Waals surface area contributed by atoms with Gasteiger partial charge in [0.05, 0.1) is 11.6 Å². The van der Waals surface area contributed by atoms with E-state index in [1.54, 1.807) is 31.2 Å². The van der Waals surface area contributed by atoms with E-state index in [0.717, 1.165) is 0 Å². The molecule has 0 amide bonds. The molecule has 0 bridgehead atoms. The highest BCUT2D eigenvalue weighted by atomic mass is 19.1. The molecule has 0 spiro atoms. The van der Waals surface area contributed by atoms with E-state index in [4.69, 9.17) is 14.7 Å². The van der Waals surface area contributed by atoms with Gasteiger partial charge in [-0.2, -0.15) is 5.26 Å². The van der Waals surface area contributed by atoms with E-state index in [-0.39, 0.29) is 5.82 Å². The lowest BCUT2D eigenvalue weighted by atomic mass is 10.0. The molecule has 102 valence electrons. The maximum absolute atomic E-state index is 14.0. The molecule has 0 saturated heterocycles. The Kier molecular flexibility index (Phi) is 6.20. The van der Waals surface area contributed by atoms with Crippen molar-refractivity contribution in [2.24, 2.45) is 0 Å². The van der Waals surface area contributed by atoms with Crippen LogP contribution in [0, 0.1) is 24.1 Å². The molecule has 1 aromatic carbocycles. The minimum Gasteiger partial charge on any atom is -0.349 e. The number of benzene rings is 1. The molecule has 0 heterocycles. The lowest BCUT2D eigenvalue weighted by molar-refractivity contribution is -0.103. The second-order valence-corrected chi connectivity index (χ2v) is 3.89. The van der Waals surface area contributed by atoms with Gasteiger partial charge in [0.25, 0.3) is 0 Å². The first-order valence-electron chi connectivity index (χ1n) is 6.24. The molecule has 0 aliphatic carbocycles. The van der Waals surface area contributed by atoms with Gasteiger partial charge < -0.3 is 9.47 Å². The second kappa shape index (κ2) is 7.67. The minimum atomic E-state index is -0.481. The Labute approximate surface area is 113 Å². The van der Waals surface area contributed by atoms with Crippen molar-refractivity contribution in [2.75, 3.05) is 13.2 Å². The van der Waals surface area contributed by atoms with E-state index >= 15 is 0 Å². The number of halogens is 1. The van der Waals surface area contributed by atoms with E-state index in [9.17, 15) is 4.39 Å². The van der Waals surface area contributed by atoms with Crippen molar-refractivity contribution in [3.63, 3.8) is 0 Å². The maximum Gasteiger partial charge on any atom is 0.177 e. The minimum absolute atomic E-state index is 0.348. The zero-order valence-corrected chi connectivity index (χ0v) is 11.4. The summed E-state index contributed by atoms with van der Waals surface area (Å²) in [5.41, 5.74) is 1.12. The van der Waals surface area contributed by atoms with Crippen LogP contribution in [0.4, 0.5) is 4.39 Å². The van der Waals surface area contributed by atoms with Crippen LogP contribution < -0.4 is 0 Å². The number of nitrogens with zero attached hydrogens (tertiary/aromatic N) is 1. The summed E-state index contributed by atoms with van der Waals surface area (Å²) < 4.78 is 24.7. The molecular weight excluding hydrogens is 245 g/mol. The molecule has 0 N–H and O–H groups in total. The quantitative estimate of drug-likeness (QED) is 0.738. The molecule has 0 aliphatic heterocycles. The van der Waals surface area contributed by atoms with Crippen molar-refractivity contribution >= 4 is 6.08 Å². The smallest absolute Gasteiger partial charge is 0.177 e. The molecule has 0 radical (unpaired) electrons. The van der Waals surface area contributed by atoms with Crippen LogP contribution in [-0.4, -0.2) is 19.5 Å². The fourth-order valence-corrected chi connectivity index (χ4v) is 1.63. The molecule has 0 unspecified atom stereocenters. The highest BCUT2D eigenvalue weighted by Crippen LogP contribution is 2.18. The van der Waals surface area contributed by atoms with Crippen molar-refractivity contribution < 1.29 is 13.9 Å². The van der Waals surface area contributed by atoms with Crippen molar-refractivity contribution in [3.05, 3.63) is 40.7 Å². The number of ether oxygens (including phenoxy) is 2. The monoisotopic (exact) mass is 263 g/mol. The standard InChI is InChI=1S/C15H18FNO2/c1-4-18-14(19-5-2)9-8-12-6-7-13(10-17)11(3)15(12)16/h6-9,14H,4-5H2,1-3H3/b9-8+. The molecule has 0 atom stereocenters. The van der Waals surface area contributed by atoms with Crippen LogP contribution in [0.15, 0.2) is 18.2 Å². The Balaban J connectivity index is 2.92. The topological polar surface area (TPSA) is 42.2 Å². The van der Waals surface area contributed by atoms with Crippen LogP contribution >= 0.6 is 0 Å². The van der Waals surface area contributed by atoms with E-state index in [1.165, 1.54) is 0 Å². The Bertz CT molecular complexity index is 486. The van der Waals surface area contributed by atoms with Crippen LogP contribution in [-0.2, 0) is 9.47 Å². The first-order chi connectivity index (χ1) is 9.13. The molecule has 19 heavy (non-hydrogen) atoms. The first-order valence-corrected chi connectivity index (χ1v) is 6.24. The third-order valence-electron chi connectivity index (χ3n) is 2.63. The van der Waals surface area contributed by atoms with Gasteiger partial charge in [0.1, 0.15) is 5.82 Å². The van der Waals surface area contributed by atoms with Gasteiger partial charge in [-0.15, -0.1) is 0 Å². The van der Waals surface area contributed by atoms with Gasteiger partial charge in [-0.05, 0) is 32.9 Å². The second-order valence-electron chi connectivity index (χ2n) is 3.89. The largest absolute Gasteiger partial charge is 0.349 e. The first kappa shape index (κ1) is 15.4. The predicted molar refractivity (Wildman–Crippen MR) is 71.9 cm³/mol. The van der Waals surface area contributed by atoms with E-state index in [0.29, 0.717) is 29.9 Å². The van der Waals surface area contributed by atoms with Gasteiger partial charge >= 0.3 is 0 Å². The Morgan fingerprint density at radius 2 is 1.95 bits per heavy atom. The molecule has 0 saturated carbocycles. The van der Waals surface area contributed by atoms with E-state index in [2.05, 4.69) is 0 Å². The van der Waals surface area contributed by atoms with Crippen LogP contribution in [0.25, 0.3) is 6.08 Å². The molecule has 1 rings (SSSR count). The van der Waals surface area contributed by atoms with Gasteiger partial charge in [0.2, 0.25) is 0 Å². The van der Waals surface area contributed by atoms with Crippen LogP contribution in [0.5, 0.6) is 0 Å². The van der Waals surface area contributed by atoms with Gasteiger partial charge in [0.15, 0.2) is 6.29 Å². The third-order valence-corrected chi connectivity index (χ3v) is 2.63. The Morgan fingerprint density at radius 1 is 1.32 bits per heavy atom. The lowest BCUT2D eigenvalue weighted by Crippen LogP contribution is -2.14. The normalized spacial score (nSPS) is 11.2. The fraction of sp³-hybridized carbons (Fsp3) is 0.400. The summed E-state index contributed by atoms with van der Waals surface area (Å²) in [4.78, 5) is 0. The van der Waals surface area contributed by atoms with E-state index < -0.39 is 6.29 Å². The van der Waals surface area contributed by atoms with Crippen molar-refractivity contribution in [1.29, 1.82) is 5.26 Å². The summed E-state index contributed by atoms with van der Waals surface area (Å²) in [5.74, 6) is -0.387. The molecule has 0 aliphatic rings. The molecule has 3 nitrogen and oxygen atoms in total.